The van der Waals surface area contributed by atoms with Gasteiger partial charge in [-0.25, -0.2) is 0 Å². The van der Waals surface area contributed by atoms with Crippen molar-refractivity contribution in [3.8, 4) is 0 Å². The zero-order chi connectivity index (χ0) is 13.2. The molecule has 4 aliphatic rings. The van der Waals surface area contributed by atoms with Gasteiger partial charge in [0.2, 0.25) is 0 Å². The van der Waals surface area contributed by atoms with Crippen LogP contribution in [0, 0.1) is 29.6 Å². The maximum absolute atomic E-state index is 3.87. The van der Waals surface area contributed by atoms with Crippen LogP contribution in [0.1, 0.15) is 58.3 Å². The third-order valence-electron chi connectivity index (χ3n) is 6.15. The van der Waals surface area contributed by atoms with Gasteiger partial charge in [-0.2, -0.15) is 0 Å². The van der Waals surface area contributed by atoms with E-state index in [9.17, 15) is 0 Å². The quantitative estimate of drug-likeness (QED) is 0.529. The van der Waals surface area contributed by atoms with Crippen LogP contribution in [0.4, 0.5) is 0 Å². The Hall–Kier alpha value is -0.300. The molecule has 1 unspecified atom stereocenters. The Bertz CT molecular complexity index is 281. The van der Waals surface area contributed by atoms with Crippen molar-refractivity contribution in [2.75, 3.05) is 6.54 Å². The van der Waals surface area contributed by atoms with E-state index in [1.807, 2.05) is 0 Å². The Labute approximate surface area is 119 Å². The lowest BCUT2D eigenvalue weighted by Crippen LogP contribution is -2.53. The number of rotatable bonds is 7. The van der Waals surface area contributed by atoms with Gasteiger partial charge in [0.15, 0.2) is 0 Å². The topological polar surface area (TPSA) is 12.0 Å². The minimum absolute atomic E-state index is 0.792. The van der Waals surface area contributed by atoms with Crippen molar-refractivity contribution in [1.29, 1.82) is 0 Å². The van der Waals surface area contributed by atoms with Gasteiger partial charge in [-0.05, 0) is 87.5 Å². The molecule has 108 valence electrons. The molecule has 4 aliphatic carbocycles. The fraction of sp³-hybridized carbons (Fsp3) is 0.889. The standard InChI is InChI=1S/C18H31N/c1-3-5-6-7-17(19-4-2)18-15-9-13-8-14(11-15)12-16(18)10-13/h3,13-19H,1,4-12H2,2H3. The highest BCUT2D eigenvalue weighted by Crippen LogP contribution is 2.57. The second-order valence-electron chi connectivity index (χ2n) is 7.39. The molecule has 4 saturated carbocycles. The highest BCUT2D eigenvalue weighted by Gasteiger charge is 2.50. The van der Waals surface area contributed by atoms with Crippen LogP contribution in [0.25, 0.3) is 0 Å². The summed E-state index contributed by atoms with van der Waals surface area (Å²) in [5, 5.41) is 3.84. The van der Waals surface area contributed by atoms with Gasteiger partial charge in [0, 0.05) is 6.04 Å². The Kier molecular flexibility index (Phi) is 4.31. The number of hydrogen-bond acceptors (Lipinski definition) is 1. The third kappa shape index (κ3) is 2.77. The molecule has 0 spiro atoms. The molecule has 0 heterocycles. The summed E-state index contributed by atoms with van der Waals surface area (Å²) in [5.74, 6) is 5.33. The van der Waals surface area contributed by atoms with Crippen LogP contribution < -0.4 is 5.32 Å². The molecule has 0 saturated heterocycles. The number of allylic oxidation sites excluding steroid dienone is 1. The number of hydrogen-bond donors (Lipinski definition) is 1. The van der Waals surface area contributed by atoms with Crippen molar-refractivity contribution in [3.63, 3.8) is 0 Å². The Balaban J connectivity index is 1.65. The minimum Gasteiger partial charge on any atom is -0.314 e. The zero-order valence-electron chi connectivity index (χ0n) is 12.6. The first-order valence-electron chi connectivity index (χ1n) is 8.66. The van der Waals surface area contributed by atoms with Crippen LogP contribution in [-0.4, -0.2) is 12.6 Å². The van der Waals surface area contributed by atoms with Crippen molar-refractivity contribution in [1.82, 2.24) is 5.32 Å². The van der Waals surface area contributed by atoms with Gasteiger partial charge in [-0.3, -0.25) is 0 Å². The maximum atomic E-state index is 3.87. The van der Waals surface area contributed by atoms with Crippen LogP contribution in [-0.2, 0) is 0 Å². The highest BCUT2D eigenvalue weighted by molar-refractivity contribution is 5.01. The molecule has 4 bridgehead atoms. The summed E-state index contributed by atoms with van der Waals surface area (Å²) in [5.41, 5.74) is 0. The van der Waals surface area contributed by atoms with Crippen molar-refractivity contribution in [2.45, 2.75) is 64.3 Å². The van der Waals surface area contributed by atoms with E-state index in [0.29, 0.717) is 0 Å². The monoisotopic (exact) mass is 261 g/mol. The minimum atomic E-state index is 0.792. The first-order chi connectivity index (χ1) is 9.31. The Morgan fingerprint density at radius 1 is 1.11 bits per heavy atom. The Morgan fingerprint density at radius 2 is 1.74 bits per heavy atom. The summed E-state index contributed by atoms with van der Waals surface area (Å²) in [6.07, 6.45) is 13.8. The van der Waals surface area contributed by atoms with E-state index in [4.69, 9.17) is 0 Å². The number of unbranched alkanes of at least 4 members (excludes halogenated alkanes) is 1. The molecule has 1 atom stereocenters. The normalized spacial score (nSPS) is 41.4. The molecule has 0 amide bonds. The van der Waals surface area contributed by atoms with E-state index in [2.05, 4.69) is 24.9 Å². The average molecular weight is 261 g/mol. The van der Waals surface area contributed by atoms with E-state index in [0.717, 1.165) is 42.2 Å². The lowest BCUT2D eigenvalue weighted by molar-refractivity contribution is -0.0528. The fourth-order valence-corrected chi connectivity index (χ4v) is 5.80. The van der Waals surface area contributed by atoms with E-state index in [1.165, 1.54) is 19.3 Å². The lowest BCUT2D eigenvalue weighted by Gasteiger charge is -2.56. The van der Waals surface area contributed by atoms with Gasteiger partial charge in [0.05, 0.1) is 0 Å². The lowest BCUT2D eigenvalue weighted by atomic mass is 9.50. The zero-order valence-corrected chi connectivity index (χ0v) is 12.6. The predicted octanol–water partition coefficient (Wildman–Crippen LogP) is 4.39. The molecule has 1 nitrogen and oxygen atoms in total. The fourth-order valence-electron chi connectivity index (χ4n) is 5.80. The second kappa shape index (κ2) is 5.99. The first-order valence-corrected chi connectivity index (χ1v) is 8.66. The largest absolute Gasteiger partial charge is 0.314 e. The van der Waals surface area contributed by atoms with Gasteiger partial charge in [-0.15, -0.1) is 6.58 Å². The molecule has 0 aromatic heterocycles. The van der Waals surface area contributed by atoms with E-state index in [-0.39, 0.29) is 0 Å². The molecule has 1 heteroatoms. The van der Waals surface area contributed by atoms with Gasteiger partial charge < -0.3 is 5.32 Å². The van der Waals surface area contributed by atoms with Crippen molar-refractivity contribution in [2.24, 2.45) is 29.6 Å². The van der Waals surface area contributed by atoms with Crippen LogP contribution >= 0.6 is 0 Å². The first kappa shape index (κ1) is 13.7. The molecule has 19 heavy (non-hydrogen) atoms. The Morgan fingerprint density at radius 3 is 2.26 bits per heavy atom. The molecule has 4 rings (SSSR count). The maximum Gasteiger partial charge on any atom is 0.0101 e. The van der Waals surface area contributed by atoms with Crippen molar-refractivity contribution in [3.05, 3.63) is 12.7 Å². The molecule has 0 aromatic carbocycles. The van der Waals surface area contributed by atoms with Crippen LogP contribution in [0.3, 0.4) is 0 Å². The molecule has 0 aliphatic heterocycles. The van der Waals surface area contributed by atoms with E-state index in [1.54, 1.807) is 32.1 Å². The smallest absolute Gasteiger partial charge is 0.0101 e. The molecular weight excluding hydrogens is 230 g/mol. The van der Waals surface area contributed by atoms with E-state index >= 15 is 0 Å². The molecule has 0 radical (unpaired) electrons. The molecular formula is C18H31N. The summed E-state index contributed by atoms with van der Waals surface area (Å²) >= 11 is 0. The summed E-state index contributed by atoms with van der Waals surface area (Å²) in [7, 11) is 0. The van der Waals surface area contributed by atoms with Crippen LogP contribution in [0.15, 0.2) is 12.7 Å². The predicted molar refractivity (Wildman–Crippen MR) is 82.0 cm³/mol. The van der Waals surface area contributed by atoms with Gasteiger partial charge >= 0.3 is 0 Å². The van der Waals surface area contributed by atoms with Gasteiger partial charge in [0.25, 0.3) is 0 Å². The molecule has 1 N–H and O–H groups in total. The van der Waals surface area contributed by atoms with Crippen LogP contribution in [0.5, 0.6) is 0 Å². The summed E-state index contributed by atoms with van der Waals surface area (Å²) in [4.78, 5) is 0. The second-order valence-corrected chi connectivity index (χ2v) is 7.39. The summed E-state index contributed by atoms with van der Waals surface area (Å²) in [6, 6.07) is 0.792. The highest BCUT2D eigenvalue weighted by atomic mass is 14.9. The number of nitrogens with one attached hydrogen (secondary N) is 1. The van der Waals surface area contributed by atoms with Crippen molar-refractivity contribution >= 4 is 0 Å². The molecule has 0 aromatic rings. The van der Waals surface area contributed by atoms with E-state index < -0.39 is 0 Å². The van der Waals surface area contributed by atoms with Crippen molar-refractivity contribution < 1.29 is 0 Å². The summed E-state index contributed by atoms with van der Waals surface area (Å²) in [6.45, 7) is 7.28. The average Bonchev–Trinajstić information content (AvgIpc) is 2.37. The summed E-state index contributed by atoms with van der Waals surface area (Å²) < 4.78 is 0. The molecule has 4 fully saturated rings. The van der Waals surface area contributed by atoms with Gasteiger partial charge in [0.1, 0.15) is 0 Å². The van der Waals surface area contributed by atoms with Gasteiger partial charge in [-0.1, -0.05) is 13.0 Å². The van der Waals surface area contributed by atoms with Crippen LogP contribution in [0.2, 0.25) is 0 Å². The third-order valence-corrected chi connectivity index (χ3v) is 6.15. The SMILES string of the molecule is C=CCCCC(NCC)C1C2CC3CC(C2)CC1C3.